The van der Waals surface area contributed by atoms with E-state index in [9.17, 15) is 20.4 Å². The van der Waals surface area contributed by atoms with Gasteiger partial charge in [-0.25, -0.2) is 0 Å². The molecule has 0 amide bonds. The predicted octanol–water partition coefficient (Wildman–Crippen LogP) is 0.285. The molecule has 0 bridgehead atoms. The smallest absolute Gasteiger partial charge is 0.254 e. The van der Waals surface area contributed by atoms with E-state index in [1.807, 2.05) is 0 Å². The van der Waals surface area contributed by atoms with E-state index < -0.39 is 17.6 Å². The molecule has 8 nitrogen and oxygen atoms in total. The zero-order chi connectivity index (χ0) is 13.1. The number of hydrogen-bond donors (Lipinski definition) is 1. The van der Waals surface area contributed by atoms with E-state index in [1.165, 1.54) is 0 Å². The molecule has 0 aliphatic carbocycles. The quantitative estimate of drug-likeness (QED) is 0.474. The Morgan fingerprint density at radius 3 is 2.72 bits per heavy atom. The minimum Gasteiger partial charge on any atom is -0.378 e. The Morgan fingerprint density at radius 1 is 1.44 bits per heavy atom. The number of rotatable bonds is 4. The molecule has 1 unspecified atom stereocenters. The van der Waals surface area contributed by atoms with Crippen LogP contribution < -0.4 is 4.90 Å². The van der Waals surface area contributed by atoms with Crippen molar-refractivity contribution in [3.05, 3.63) is 51.3 Å². The van der Waals surface area contributed by atoms with Gasteiger partial charge in [0.15, 0.2) is 6.10 Å². The van der Waals surface area contributed by atoms with Gasteiger partial charge in [0.05, 0.1) is 0 Å². The fourth-order valence-corrected chi connectivity index (χ4v) is 1.56. The highest BCUT2D eigenvalue weighted by Gasteiger charge is 2.30. The largest absolute Gasteiger partial charge is 0.378 e. The second-order valence-electron chi connectivity index (χ2n) is 3.56. The summed E-state index contributed by atoms with van der Waals surface area (Å²) in [5.74, 6) is 0. The van der Waals surface area contributed by atoms with Crippen molar-refractivity contribution in [2.75, 3.05) is 6.54 Å². The number of aliphatic hydroxyl groups excluding tert-OH is 1. The van der Waals surface area contributed by atoms with Crippen LogP contribution in [0.1, 0.15) is 11.8 Å². The van der Waals surface area contributed by atoms with Crippen LogP contribution in [0.4, 0.5) is 0 Å². The summed E-state index contributed by atoms with van der Waals surface area (Å²) in [5.41, 5.74) is 0.367. The summed E-state index contributed by atoms with van der Waals surface area (Å²) < 4.78 is 4.38. The molecule has 0 fully saturated rings. The first-order valence-corrected chi connectivity index (χ1v) is 5.04. The van der Waals surface area contributed by atoms with Gasteiger partial charge < -0.3 is 10.3 Å². The highest BCUT2D eigenvalue weighted by molar-refractivity contribution is 5.60. The van der Waals surface area contributed by atoms with Gasteiger partial charge in [0.25, 0.3) is 5.69 Å². The van der Waals surface area contributed by atoms with Gasteiger partial charge in [-0.05, 0) is 4.90 Å². The Morgan fingerprint density at radius 2 is 2.11 bits per heavy atom. The molecule has 8 heteroatoms. The molecule has 0 aliphatic rings. The van der Waals surface area contributed by atoms with Crippen molar-refractivity contribution in [3.8, 4) is 11.3 Å². The zero-order valence-electron chi connectivity index (χ0n) is 9.09. The molecule has 0 spiro atoms. The van der Waals surface area contributed by atoms with Crippen molar-refractivity contribution in [1.29, 1.82) is 0 Å². The summed E-state index contributed by atoms with van der Waals surface area (Å²) in [6, 6.07) is 8.49. The topological polar surface area (TPSA) is 116 Å². The van der Waals surface area contributed by atoms with E-state index in [0.717, 1.165) is 0 Å². The fraction of sp³-hybridized carbons (Fsp3) is 0.200. The maximum absolute atomic E-state index is 11.3. The zero-order valence-corrected chi connectivity index (χ0v) is 9.09. The molecule has 0 saturated heterocycles. The van der Waals surface area contributed by atoms with Gasteiger partial charge in [-0.1, -0.05) is 30.3 Å². The van der Waals surface area contributed by atoms with Crippen molar-refractivity contribution < 1.29 is 19.6 Å². The molecule has 2 rings (SSSR count). The van der Waals surface area contributed by atoms with E-state index >= 15 is 0 Å². The Bertz CT molecular complexity index is 554. The standard InChI is InChI=1S/C10H9N3O5/c14-8(6-12(15)16)10-9(11-18-13(10)17)7-4-2-1-3-5-7/h1-5,8,14H,6H2. The van der Waals surface area contributed by atoms with Crippen molar-refractivity contribution >= 4 is 0 Å². The fourth-order valence-electron chi connectivity index (χ4n) is 1.56. The molecule has 1 N–H and O–H groups in total. The molecule has 0 radical (unpaired) electrons. The Kier molecular flexibility index (Phi) is 3.20. The van der Waals surface area contributed by atoms with E-state index in [4.69, 9.17) is 0 Å². The van der Waals surface area contributed by atoms with Crippen LogP contribution in [0.5, 0.6) is 0 Å². The van der Waals surface area contributed by atoms with Crippen molar-refractivity contribution in [2.45, 2.75) is 6.10 Å². The minimum atomic E-state index is -1.57. The molecule has 1 heterocycles. The molecule has 0 aliphatic heterocycles. The summed E-state index contributed by atoms with van der Waals surface area (Å²) in [6.07, 6.45) is -1.57. The lowest BCUT2D eigenvalue weighted by molar-refractivity contribution is -0.810. The number of nitrogens with zero attached hydrogens (tertiary/aromatic N) is 3. The van der Waals surface area contributed by atoms with Crippen LogP contribution in [-0.4, -0.2) is 21.7 Å². The number of nitro groups is 1. The lowest BCUT2D eigenvalue weighted by Crippen LogP contribution is -2.32. The number of aliphatic hydroxyl groups is 1. The van der Waals surface area contributed by atoms with Gasteiger partial charge in [-0.3, -0.25) is 14.7 Å². The van der Waals surface area contributed by atoms with E-state index in [2.05, 4.69) is 9.79 Å². The lowest BCUT2D eigenvalue weighted by atomic mass is 10.1. The maximum atomic E-state index is 11.3. The van der Waals surface area contributed by atoms with Gasteiger partial charge in [0, 0.05) is 15.6 Å². The van der Waals surface area contributed by atoms with Crippen LogP contribution in [0.3, 0.4) is 0 Å². The predicted molar refractivity (Wildman–Crippen MR) is 57.7 cm³/mol. The second kappa shape index (κ2) is 4.80. The van der Waals surface area contributed by atoms with Crippen molar-refractivity contribution in [1.82, 2.24) is 5.16 Å². The first kappa shape index (κ1) is 12.0. The number of benzene rings is 1. The van der Waals surface area contributed by atoms with Crippen LogP contribution in [0, 0.1) is 15.3 Å². The first-order chi connectivity index (χ1) is 8.59. The van der Waals surface area contributed by atoms with Gasteiger partial charge in [0.1, 0.15) is 0 Å². The van der Waals surface area contributed by atoms with Gasteiger partial charge in [-0.15, -0.1) is 0 Å². The highest BCUT2D eigenvalue weighted by Crippen LogP contribution is 2.23. The molecule has 1 aromatic carbocycles. The minimum absolute atomic E-state index is 0.0174. The monoisotopic (exact) mass is 251 g/mol. The van der Waals surface area contributed by atoms with Gasteiger partial charge >= 0.3 is 0 Å². The highest BCUT2D eigenvalue weighted by atomic mass is 16.8. The Labute approximate surface area is 101 Å². The molecule has 18 heavy (non-hydrogen) atoms. The second-order valence-corrected chi connectivity index (χ2v) is 3.56. The average molecular weight is 251 g/mol. The SMILES string of the molecule is O=[N+]([O-])CC(O)c1c(-c2ccccc2)no[n+]1[O-]. The van der Waals surface area contributed by atoms with Gasteiger partial charge in [-0.2, -0.15) is 0 Å². The van der Waals surface area contributed by atoms with Crippen LogP contribution in [0.15, 0.2) is 35.0 Å². The molecule has 2 aromatic rings. The average Bonchev–Trinajstić information content (AvgIpc) is 2.71. The van der Waals surface area contributed by atoms with E-state index in [0.29, 0.717) is 5.56 Å². The van der Waals surface area contributed by atoms with Crippen molar-refractivity contribution in [3.63, 3.8) is 0 Å². The van der Waals surface area contributed by atoms with Crippen LogP contribution in [-0.2, 0) is 0 Å². The third kappa shape index (κ3) is 2.28. The Hall–Kier alpha value is -2.48. The Balaban J connectivity index is 2.42. The third-order valence-corrected chi connectivity index (χ3v) is 2.33. The molecule has 1 atom stereocenters. The van der Waals surface area contributed by atoms with Crippen molar-refractivity contribution in [2.24, 2.45) is 0 Å². The summed E-state index contributed by atoms with van der Waals surface area (Å²) in [5, 5.41) is 34.8. The summed E-state index contributed by atoms with van der Waals surface area (Å²) in [6.45, 7) is -0.788. The number of aromatic nitrogens is 2. The third-order valence-electron chi connectivity index (χ3n) is 2.33. The lowest BCUT2D eigenvalue weighted by Gasteiger charge is -2.02. The molecule has 1 aromatic heterocycles. The first-order valence-electron chi connectivity index (χ1n) is 5.04. The number of hydrogen-bond acceptors (Lipinski definition) is 6. The van der Waals surface area contributed by atoms with E-state index in [-0.39, 0.29) is 16.3 Å². The summed E-state index contributed by atoms with van der Waals surface area (Å²) in [7, 11) is 0. The van der Waals surface area contributed by atoms with Gasteiger partial charge in [0.2, 0.25) is 12.2 Å². The maximum Gasteiger partial charge on any atom is 0.254 e. The normalized spacial score (nSPS) is 12.3. The summed E-state index contributed by atoms with van der Waals surface area (Å²) >= 11 is 0. The summed E-state index contributed by atoms with van der Waals surface area (Å²) in [4.78, 5) is 9.61. The van der Waals surface area contributed by atoms with E-state index in [1.54, 1.807) is 30.3 Å². The van der Waals surface area contributed by atoms with Crippen LogP contribution >= 0.6 is 0 Å². The van der Waals surface area contributed by atoms with Crippen LogP contribution in [0.2, 0.25) is 0 Å². The molecular formula is C10H9N3O5. The molecule has 94 valence electrons. The molecular weight excluding hydrogens is 242 g/mol. The van der Waals surface area contributed by atoms with Crippen LogP contribution in [0.25, 0.3) is 11.3 Å². The molecule has 0 saturated carbocycles.